The highest BCUT2D eigenvalue weighted by molar-refractivity contribution is 6.30. The van der Waals surface area contributed by atoms with Crippen molar-refractivity contribution in [1.82, 2.24) is 10.3 Å². The molecule has 0 amide bonds. The van der Waals surface area contributed by atoms with Gasteiger partial charge in [-0.15, -0.1) is 0 Å². The maximum absolute atomic E-state index is 5.92. The third-order valence-electron chi connectivity index (χ3n) is 2.47. The van der Waals surface area contributed by atoms with Gasteiger partial charge in [-0.1, -0.05) is 29.8 Å². The molecule has 0 aliphatic carbocycles. The Labute approximate surface area is 107 Å². The smallest absolute Gasteiger partial charge is 0.0544 e. The minimum atomic E-state index is 0.772. The molecule has 0 atom stereocenters. The molecule has 0 saturated heterocycles. The second kappa shape index (κ2) is 5.80. The average molecular weight is 247 g/mol. The van der Waals surface area contributed by atoms with Gasteiger partial charge in [0.1, 0.15) is 0 Å². The molecule has 17 heavy (non-hydrogen) atoms. The number of hydrogen-bond acceptors (Lipinski definition) is 2. The van der Waals surface area contributed by atoms with Gasteiger partial charge in [-0.25, -0.2) is 0 Å². The molecule has 3 heteroatoms. The van der Waals surface area contributed by atoms with Crippen molar-refractivity contribution in [3.05, 3.63) is 64.4 Å². The third-order valence-corrected chi connectivity index (χ3v) is 2.71. The first-order chi connectivity index (χ1) is 8.24. The van der Waals surface area contributed by atoms with Gasteiger partial charge in [-0.05, 0) is 36.8 Å². The van der Waals surface area contributed by atoms with Crippen LogP contribution in [0.5, 0.6) is 0 Å². The maximum Gasteiger partial charge on any atom is 0.0544 e. The fourth-order valence-electron chi connectivity index (χ4n) is 1.68. The summed E-state index contributed by atoms with van der Waals surface area (Å²) in [6.45, 7) is 3.57. The number of halogens is 1. The van der Waals surface area contributed by atoms with E-state index in [9.17, 15) is 0 Å². The van der Waals surface area contributed by atoms with Crippen LogP contribution in [-0.4, -0.2) is 4.98 Å². The molecule has 0 unspecified atom stereocenters. The van der Waals surface area contributed by atoms with E-state index >= 15 is 0 Å². The lowest BCUT2D eigenvalue weighted by Crippen LogP contribution is -2.13. The Hall–Kier alpha value is -1.38. The lowest BCUT2D eigenvalue weighted by atomic mass is 10.2. The van der Waals surface area contributed by atoms with Crippen molar-refractivity contribution in [3.63, 3.8) is 0 Å². The normalized spacial score (nSPS) is 10.5. The molecule has 0 fully saturated rings. The summed E-state index contributed by atoms with van der Waals surface area (Å²) in [5, 5.41) is 4.13. The van der Waals surface area contributed by atoms with Gasteiger partial charge >= 0.3 is 0 Å². The molecule has 1 aromatic heterocycles. The third kappa shape index (κ3) is 3.84. The molecule has 1 aromatic carbocycles. The van der Waals surface area contributed by atoms with Gasteiger partial charge in [-0.3, -0.25) is 4.98 Å². The highest BCUT2D eigenvalue weighted by Crippen LogP contribution is 2.10. The SMILES string of the molecule is Cc1cccc(CNCc2cccc(Cl)c2)n1. The number of rotatable bonds is 4. The van der Waals surface area contributed by atoms with E-state index in [1.54, 1.807) is 0 Å². The Kier molecular flexibility index (Phi) is 4.13. The van der Waals surface area contributed by atoms with Crippen molar-refractivity contribution in [3.8, 4) is 0 Å². The summed E-state index contributed by atoms with van der Waals surface area (Å²) in [5.41, 5.74) is 3.30. The minimum absolute atomic E-state index is 0.772. The first kappa shape index (κ1) is 12.1. The fourth-order valence-corrected chi connectivity index (χ4v) is 1.89. The standard InChI is InChI=1S/C14H15ClN2/c1-11-4-2-7-14(17-11)10-16-9-12-5-3-6-13(15)8-12/h2-8,16H,9-10H2,1H3. The molecule has 2 aromatic rings. The topological polar surface area (TPSA) is 24.9 Å². The molecule has 1 heterocycles. The van der Waals surface area contributed by atoms with E-state index in [-0.39, 0.29) is 0 Å². The molecule has 0 bridgehead atoms. The Bertz CT molecular complexity index is 452. The second-order valence-electron chi connectivity index (χ2n) is 4.00. The lowest BCUT2D eigenvalue weighted by molar-refractivity contribution is 0.678. The van der Waals surface area contributed by atoms with Crippen molar-refractivity contribution >= 4 is 11.6 Å². The Morgan fingerprint density at radius 3 is 2.71 bits per heavy atom. The Balaban J connectivity index is 1.87. The van der Waals surface area contributed by atoms with Gasteiger partial charge in [-0.2, -0.15) is 0 Å². The molecule has 1 N–H and O–H groups in total. The van der Waals surface area contributed by atoms with E-state index in [0.717, 1.165) is 29.5 Å². The molecular weight excluding hydrogens is 232 g/mol. The number of benzene rings is 1. The molecule has 0 spiro atoms. The van der Waals surface area contributed by atoms with Gasteiger partial charge in [0.15, 0.2) is 0 Å². The maximum atomic E-state index is 5.92. The van der Waals surface area contributed by atoms with Crippen LogP contribution in [-0.2, 0) is 13.1 Å². The van der Waals surface area contributed by atoms with Crippen LogP contribution in [0.2, 0.25) is 5.02 Å². The molecular formula is C14H15ClN2. The van der Waals surface area contributed by atoms with E-state index in [1.807, 2.05) is 43.3 Å². The van der Waals surface area contributed by atoms with Gasteiger partial charge in [0.05, 0.1) is 5.69 Å². The zero-order valence-electron chi connectivity index (χ0n) is 9.78. The van der Waals surface area contributed by atoms with Gasteiger partial charge in [0, 0.05) is 23.8 Å². The van der Waals surface area contributed by atoms with E-state index < -0.39 is 0 Å². The van der Waals surface area contributed by atoms with Gasteiger partial charge in [0.2, 0.25) is 0 Å². The predicted octanol–water partition coefficient (Wildman–Crippen LogP) is 3.33. The largest absolute Gasteiger partial charge is 0.307 e. The number of hydrogen-bond donors (Lipinski definition) is 1. The summed E-state index contributed by atoms with van der Waals surface area (Å²) in [5.74, 6) is 0. The van der Waals surface area contributed by atoms with Crippen LogP contribution in [0.4, 0.5) is 0 Å². The molecule has 88 valence electrons. The summed E-state index contributed by atoms with van der Waals surface area (Å²) < 4.78 is 0. The second-order valence-corrected chi connectivity index (χ2v) is 4.44. The van der Waals surface area contributed by atoms with Crippen LogP contribution in [0, 0.1) is 6.92 Å². The van der Waals surface area contributed by atoms with E-state index in [4.69, 9.17) is 11.6 Å². The van der Waals surface area contributed by atoms with Crippen LogP contribution < -0.4 is 5.32 Å². The van der Waals surface area contributed by atoms with E-state index in [2.05, 4.69) is 16.4 Å². The summed E-state index contributed by atoms with van der Waals surface area (Å²) in [4.78, 5) is 4.43. The number of pyridine rings is 1. The van der Waals surface area contributed by atoms with Crippen LogP contribution in [0.1, 0.15) is 17.0 Å². The van der Waals surface area contributed by atoms with Crippen molar-refractivity contribution in [2.45, 2.75) is 20.0 Å². The van der Waals surface area contributed by atoms with Gasteiger partial charge in [0.25, 0.3) is 0 Å². The highest BCUT2D eigenvalue weighted by atomic mass is 35.5. The molecule has 0 aliphatic heterocycles. The van der Waals surface area contributed by atoms with Crippen molar-refractivity contribution in [1.29, 1.82) is 0 Å². The highest BCUT2D eigenvalue weighted by Gasteiger charge is 1.96. The first-order valence-corrected chi connectivity index (χ1v) is 5.99. The molecule has 0 saturated carbocycles. The average Bonchev–Trinajstić information content (AvgIpc) is 2.29. The number of aryl methyl sites for hydroxylation is 1. The van der Waals surface area contributed by atoms with Crippen LogP contribution >= 0.6 is 11.6 Å². The van der Waals surface area contributed by atoms with Crippen LogP contribution in [0.3, 0.4) is 0 Å². The zero-order valence-corrected chi connectivity index (χ0v) is 10.5. The van der Waals surface area contributed by atoms with Crippen molar-refractivity contribution < 1.29 is 0 Å². The molecule has 0 radical (unpaired) electrons. The van der Waals surface area contributed by atoms with Crippen LogP contribution in [0.25, 0.3) is 0 Å². The molecule has 2 rings (SSSR count). The zero-order chi connectivity index (χ0) is 12.1. The van der Waals surface area contributed by atoms with Gasteiger partial charge < -0.3 is 5.32 Å². The number of nitrogens with zero attached hydrogens (tertiary/aromatic N) is 1. The fraction of sp³-hybridized carbons (Fsp3) is 0.214. The van der Waals surface area contributed by atoms with Crippen molar-refractivity contribution in [2.24, 2.45) is 0 Å². The van der Waals surface area contributed by atoms with E-state index in [0.29, 0.717) is 0 Å². The summed E-state index contributed by atoms with van der Waals surface area (Å²) in [6, 6.07) is 13.9. The first-order valence-electron chi connectivity index (χ1n) is 5.62. The van der Waals surface area contributed by atoms with E-state index in [1.165, 1.54) is 5.56 Å². The molecule has 0 aliphatic rings. The van der Waals surface area contributed by atoms with Crippen molar-refractivity contribution in [2.75, 3.05) is 0 Å². The quantitative estimate of drug-likeness (QED) is 0.895. The summed E-state index contributed by atoms with van der Waals surface area (Å²) >= 11 is 5.92. The predicted molar refractivity (Wildman–Crippen MR) is 71.0 cm³/mol. The monoisotopic (exact) mass is 246 g/mol. The summed E-state index contributed by atoms with van der Waals surface area (Å²) in [7, 11) is 0. The minimum Gasteiger partial charge on any atom is -0.307 e. The number of aromatic nitrogens is 1. The Morgan fingerprint density at radius 2 is 1.94 bits per heavy atom. The van der Waals surface area contributed by atoms with Crippen LogP contribution in [0.15, 0.2) is 42.5 Å². The Morgan fingerprint density at radius 1 is 1.12 bits per heavy atom. The summed E-state index contributed by atoms with van der Waals surface area (Å²) in [6.07, 6.45) is 0. The number of nitrogens with one attached hydrogen (secondary N) is 1. The lowest BCUT2D eigenvalue weighted by Gasteiger charge is -2.05. The molecule has 2 nitrogen and oxygen atoms in total.